The fourth-order valence-electron chi connectivity index (χ4n) is 6.72. The van der Waals surface area contributed by atoms with E-state index in [4.69, 9.17) is 4.98 Å². The Balaban J connectivity index is 1.24. The van der Waals surface area contributed by atoms with Crippen molar-refractivity contribution in [3.05, 3.63) is 134 Å². The van der Waals surface area contributed by atoms with Gasteiger partial charge in [-0.05, 0) is 68.4 Å². The van der Waals surface area contributed by atoms with Crippen LogP contribution in [-0.4, -0.2) is 9.55 Å². The minimum absolute atomic E-state index is 1.03. The first-order chi connectivity index (χ1) is 19.4. The zero-order chi connectivity index (χ0) is 25.5. The first kappa shape index (κ1) is 20.8. The molecule has 39 heavy (non-hydrogen) atoms. The van der Waals surface area contributed by atoms with Crippen LogP contribution in [0.5, 0.6) is 0 Å². The van der Waals surface area contributed by atoms with Crippen LogP contribution in [0.1, 0.15) is 0 Å². The standard InChI is InChI=1S/C37H22N2/c1-2-9-27-26(8-1)29-13-7-12-28-25(20-21-30(27)36(28)29)23-16-18-24(19-17-23)39-34-15-6-4-11-32(34)37-31-10-3-5-14-33(31)38-22-35(37)39/h1-22H. The zero-order valence-electron chi connectivity index (χ0n) is 21.1. The Labute approximate surface area is 225 Å². The molecule has 9 rings (SSSR count). The Hall–Kier alpha value is -5.21. The van der Waals surface area contributed by atoms with Gasteiger partial charge in [0.2, 0.25) is 0 Å². The highest BCUT2D eigenvalue weighted by Crippen LogP contribution is 2.49. The van der Waals surface area contributed by atoms with Crippen LogP contribution in [0, 0.1) is 0 Å². The number of para-hydroxylation sites is 2. The molecular formula is C37H22N2. The van der Waals surface area contributed by atoms with Crippen LogP contribution in [0.3, 0.4) is 0 Å². The average molecular weight is 495 g/mol. The number of benzene rings is 6. The van der Waals surface area contributed by atoms with Gasteiger partial charge >= 0.3 is 0 Å². The lowest BCUT2D eigenvalue weighted by atomic mass is 9.94. The number of fused-ring (bicyclic) bond motifs is 8. The Kier molecular flexibility index (Phi) is 4.08. The molecule has 180 valence electrons. The second-order valence-corrected chi connectivity index (χ2v) is 10.4. The lowest BCUT2D eigenvalue weighted by molar-refractivity contribution is 1.17. The summed E-state index contributed by atoms with van der Waals surface area (Å²) in [4.78, 5) is 4.81. The fraction of sp³-hybridized carbons (Fsp3) is 0. The highest BCUT2D eigenvalue weighted by Gasteiger charge is 2.22. The van der Waals surface area contributed by atoms with Crippen LogP contribution in [0.2, 0.25) is 0 Å². The van der Waals surface area contributed by atoms with Gasteiger partial charge in [-0.2, -0.15) is 0 Å². The summed E-state index contributed by atoms with van der Waals surface area (Å²) >= 11 is 0. The van der Waals surface area contributed by atoms with Crippen LogP contribution >= 0.6 is 0 Å². The minimum Gasteiger partial charge on any atom is -0.308 e. The molecule has 0 atom stereocenters. The van der Waals surface area contributed by atoms with Crippen molar-refractivity contribution in [3.63, 3.8) is 0 Å². The van der Waals surface area contributed by atoms with Gasteiger partial charge in [0, 0.05) is 21.8 Å². The Morgan fingerprint density at radius 2 is 1.05 bits per heavy atom. The Bertz CT molecular complexity index is 2240. The quantitative estimate of drug-likeness (QED) is 0.234. The second-order valence-electron chi connectivity index (χ2n) is 10.4. The Morgan fingerprint density at radius 1 is 0.410 bits per heavy atom. The van der Waals surface area contributed by atoms with Gasteiger partial charge in [0.1, 0.15) is 0 Å². The lowest BCUT2D eigenvalue weighted by Gasteiger charge is -2.12. The van der Waals surface area contributed by atoms with Crippen LogP contribution < -0.4 is 0 Å². The third kappa shape index (κ3) is 2.78. The molecular weight excluding hydrogens is 472 g/mol. The molecule has 1 aliphatic carbocycles. The van der Waals surface area contributed by atoms with E-state index in [1.54, 1.807) is 0 Å². The largest absolute Gasteiger partial charge is 0.308 e. The van der Waals surface area contributed by atoms with E-state index < -0.39 is 0 Å². The molecule has 0 spiro atoms. The molecule has 8 aromatic rings. The molecule has 0 N–H and O–H groups in total. The maximum absolute atomic E-state index is 4.81. The van der Waals surface area contributed by atoms with Crippen LogP contribution in [0.4, 0.5) is 0 Å². The highest BCUT2D eigenvalue weighted by molar-refractivity contribution is 6.21. The molecule has 1 aliphatic rings. The molecule has 0 radical (unpaired) electrons. The highest BCUT2D eigenvalue weighted by atomic mass is 15.0. The topological polar surface area (TPSA) is 17.8 Å². The van der Waals surface area contributed by atoms with Gasteiger partial charge in [-0.3, -0.25) is 4.98 Å². The molecule has 2 nitrogen and oxygen atoms in total. The first-order valence-electron chi connectivity index (χ1n) is 13.4. The monoisotopic (exact) mass is 494 g/mol. The smallest absolute Gasteiger partial charge is 0.0730 e. The van der Waals surface area contributed by atoms with E-state index >= 15 is 0 Å². The van der Waals surface area contributed by atoms with E-state index in [1.807, 2.05) is 6.20 Å². The summed E-state index contributed by atoms with van der Waals surface area (Å²) in [6, 6.07) is 46.1. The number of hydrogen-bond donors (Lipinski definition) is 0. The van der Waals surface area contributed by atoms with Gasteiger partial charge in [0.25, 0.3) is 0 Å². The van der Waals surface area contributed by atoms with Crippen LogP contribution in [0.15, 0.2) is 134 Å². The van der Waals surface area contributed by atoms with Crippen molar-refractivity contribution < 1.29 is 0 Å². The Morgan fingerprint density at radius 3 is 1.90 bits per heavy atom. The molecule has 0 aliphatic heterocycles. The van der Waals surface area contributed by atoms with Crippen molar-refractivity contribution in [2.75, 3.05) is 0 Å². The van der Waals surface area contributed by atoms with Crippen molar-refractivity contribution in [1.82, 2.24) is 9.55 Å². The summed E-state index contributed by atoms with van der Waals surface area (Å²) in [5, 5.41) is 6.37. The van der Waals surface area contributed by atoms with Gasteiger partial charge in [0.15, 0.2) is 0 Å². The van der Waals surface area contributed by atoms with Gasteiger partial charge in [0.05, 0.1) is 22.7 Å². The van der Waals surface area contributed by atoms with Crippen LogP contribution in [-0.2, 0) is 0 Å². The molecule has 0 saturated heterocycles. The van der Waals surface area contributed by atoms with E-state index in [9.17, 15) is 0 Å². The maximum atomic E-state index is 4.81. The SMILES string of the molecule is c1ccc2c(c1)-c1cccc3c(-c4ccc(-n5c6ccccc6c6c7ccccc7ncc65)cc4)ccc-2c13. The molecule has 0 fully saturated rings. The summed E-state index contributed by atoms with van der Waals surface area (Å²) < 4.78 is 2.35. The molecule has 2 aromatic heterocycles. The number of hydrogen-bond acceptors (Lipinski definition) is 1. The van der Waals surface area contributed by atoms with Gasteiger partial charge in [-0.1, -0.05) is 103 Å². The van der Waals surface area contributed by atoms with E-state index in [0.717, 1.165) is 16.7 Å². The first-order valence-corrected chi connectivity index (χ1v) is 13.4. The predicted molar refractivity (Wildman–Crippen MR) is 163 cm³/mol. The average Bonchev–Trinajstić information content (AvgIpc) is 3.52. The number of aromatic nitrogens is 2. The number of pyridine rings is 1. The van der Waals surface area contributed by atoms with Crippen LogP contribution in [0.25, 0.3) is 82.5 Å². The molecule has 0 amide bonds. The third-order valence-corrected chi connectivity index (χ3v) is 8.40. The molecule has 0 bridgehead atoms. The lowest BCUT2D eigenvalue weighted by Crippen LogP contribution is -1.94. The van der Waals surface area contributed by atoms with Crippen molar-refractivity contribution in [1.29, 1.82) is 0 Å². The second kappa shape index (κ2) is 7.66. The van der Waals surface area contributed by atoms with E-state index in [0.29, 0.717) is 0 Å². The van der Waals surface area contributed by atoms with E-state index in [2.05, 4.69) is 132 Å². The van der Waals surface area contributed by atoms with Crippen molar-refractivity contribution in [3.8, 4) is 39.1 Å². The predicted octanol–water partition coefficient (Wildman–Crippen LogP) is 9.80. The van der Waals surface area contributed by atoms with E-state index in [1.165, 1.54) is 65.8 Å². The molecule has 6 aromatic carbocycles. The summed E-state index contributed by atoms with van der Waals surface area (Å²) in [7, 11) is 0. The summed E-state index contributed by atoms with van der Waals surface area (Å²) in [5.41, 5.74) is 12.3. The molecule has 0 unspecified atom stereocenters. The molecule has 2 heteroatoms. The minimum atomic E-state index is 1.03. The molecule has 2 heterocycles. The van der Waals surface area contributed by atoms with Crippen molar-refractivity contribution in [2.24, 2.45) is 0 Å². The zero-order valence-corrected chi connectivity index (χ0v) is 21.1. The normalized spacial score (nSPS) is 12.1. The summed E-state index contributed by atoms with van der Waals surface area (Å²) in [6.45, 7) is 0. The van der Waals surface area contributed by atoms with Gasteiger partial charge in [-0.15, -0.1) is 0 Å². The summed E-state index contributed by atoms with van der Waals surface area (Å²) in [6.07, 6.45) is 2.02. The van der Waals surface area contributed by atoms with Crippen molar-refractivity contribution >= 4 is 43.5 Å². The molecule has 0 saturated carbocycles. The summed E-state index contributed by atoms with van der Waals surface area (Å²) in [5.74, 6) is 0. The fourth-order valence-corrected chi connectivity index (χ4v) is 6.72. The van der Waals surface area contributed by atoms with Gasteiger partial charge in [-0.25, -0.2) is 0 Å². The van der Waals surface area contributed by atoms with Gasteiger partial charge < -0.3 is 4.57 Å². The third-order valence-electron chi connectivity index (χ3n) is 8.40. The number of rotatable bonds is 2. The van der Waals surface area contributed by atoms with Crippen molar-refractivity contribution in [2.45, 2.75) is 0 Å². The van der Waals surface area contributed by atoms with E-state index in [-0.39, 0.29) is 0 Å². The maximum Gasteiger partial charge on any atom is 0.0730 e. The number of nitrogens with zero attached hydrogens (tertiary/aromatic N) is 2.